The Morgan fingerprint density at radius 2 is 1.70 bits per heavy atom. The fourth-order valence-corrected chi connectivity index (χ4v) is 3.41. The first-order chi connectivity index (χ1) is 14.3. The van der Waals surface area contributed by atoms with E-state index in [1.165, 1.54) is 0 Å². The monoisotopic (exact) mass is 404 g/mol. The molecule has 0 atom stereocenters. The van der Waals surface area contributed by atoms with Crippen LogP contribution in [0.15, 0.2) is 60.7 Å². The molecule has 0 aliphatic heterocycles. The number of ketones is 1. The van der Waals surface area contributed by atoms with Crippen LogP contribution in [-0.2, 0) is 17.9 Å². The maximum atomic E-state index is 12.7. The van der Waals surface area contributed by atoms with Crippen molar-refractivity contribution < 1.29 is 14.3 Å². The van der Waals surface area contributed by atoms with Crippen molar-refractivity contribution >= 4 is 11.7 Å². The van der Waals surface area contributed by atoms with Gasteiger partial charge in [-0.25, -0.2) is 0 Å². The van der Waals surface area contributed by atoms with Crippen LogP contribution in [0.1, 0.15) is 42.4 Å². The molecular weight excluding hydrogens is 376 g/mol. The number of Topliss-reactive ketones (excluding diaryl/α,β-unsaturated/α-hetero) is 1. The van der Waals surface area contributed by atoms with E-state index in [9.17, 15) is 9.59 Å². The third kappa shape index (κ3) is 5.17. The molecule has 0 saturated heterocycles. The number of rotatable bonds is 8. The number of aromatic nitrogens is 1. The summed E-state index contributed by atoms with van der Waals surface area (Å²) >= 11 is 0. The fraction of sp³-hybridized carbons (Fsp3) is 0.280. The van der Waals surface area contributed by atoms with E-state index in [0.29, 0.717) is 12.1 Å². The Balaban J connectivity index is 1.72. The molecule has 2 aromatic carbocycles. The predicted molar refractivity (Wildman–Crippen MR) is 119 cm³/mol. The maximum absolute atomic E-state index is 12.7. The van der Waals surface area contributed by atoms with Gasteiger partial charge in [-0.1, -0.05) is 42.5 Å². The largest absolute Gasteiger partial charge is 0.491 e. The Kier molecular flexibility index (Phi) is 6.72. The van der Waals surface area contributed by atoms with Crippen LogP contribution in [0.4, 0.5) is 0 Å². The average Bonchev–Trinajstić information content (AvgIpc) is 3.04. The summed E-state index contributed by atoms with van der Waals surface area (Å²) in [6.07, 6.45) is 0.124. The van der Waals surface area contributed by atoms with Gasteiger partial charge >= 0.3 is 0 Å². The molecule has 0 spiro atoms. The molecule has 0 unspecified atom stereocenters. The SMILES string of the molecule is CC(=O)c1cc(-c2ccccc2)n(CC(=O)NCc2ccc(OC(C)C)cc2)c1C. The number of carbonyl (C=O) groups is 2. The molecule has 156 valence electrons. The first-order valence-corrected chi connectivity index (χ1v) is 10.1. The quantitative estimate of drug-likeness (QED) is 0.550. The number of nitrogens with zero attached hydrogens (tertiary/aromatic N) is 1. The number of benzene rings is 2. The van der Waals surface area contributed by atoms with Gasteiger partial charge in [-0.15, -0.1) is 0 Å². The Labute approximate surface area is 177 Å². The number of amides is 1. The lowest BCUT2D eigenvalue weighted by Gasteiger charge is -2.13. The topological polar surface area (TPSA) is 60.3 Å². The van der Waals surface area contributed by atoms with Crippen LogP contribution in [-0.4, -0.2) is 22.4 Å². The molecule has 3 rings (SSSR count). The van der Waals surface area contributed by atoms with Gasteiger partial charge in [-0.05, 0) is 57.0 Å². The lowest BCUT2D eigenvalue weighted by atomic mass is 10.1. The highest BCUT2D eigenvalue weighted by molar-refractivity contribution is 5.97. The van der Waals surface area contributed by atoms with Gasteiger partial charge in [0.05, 0.1) is 6.10 Å². The summed E-state index contributed by atoms with van der Waals surface area (Å²) in [5, 5.41) is 2.97. The lowest BCUT2D eigenvalue weighted by molar-refractivity contribution is -0.121. The van der Waals surface area contributed by atoms with Crippen LogP contribution >= 0.6 is 0 Å². The van der Waals surface area contributed by atoms with Gasteiger partial charge in [-0.2, -0.15) is 0 Å². The van der Waals surface area contributed by atoms with Crippen LogP contribution in [0, 0.1) is 6.92 Å². The normalized spacial score (nSPS) is 10.8. The molecule has 0 fully saturated rings. The van der Waals surface area contributed by atoms with Crippen molar-refractivity contribution in [2.45, 2.75) is 46.9 Å². The fourth-order valence-electron chi connectivity index (χ4n) is 3.41. The molecule has 1 N–H and O–H groups in total. The van der Waals surface area contributed by atoms with Crippen molar-refractivity contribution in [2.75, 3.05) is 0 Å². The van der Waals surface area contributed by atoms with Gasteiger partial charge in [-0.3, -0.25) is 9.59 Å². The van der Waals surface area contributed by atoms with Crippen LogP contribution in [0.5, 0.6) is 5.75 Å². The number of nitrogens with one attached hydrogen (secondary N) is 1. The molecule has 5 nitrogen and oxygen atoms in total. The first-order valence-electron chi connectivity index (χ1n) is 10.1. The second-order valence-electron chi connectivity index (χ2n) is 7.62. The van der Waals surface area contributed by atoms with Crippen molar-refractivity contribution in [1.29, 1.82) is 0 Å². The minimum atomic E-state index is -0.108. The summed E-state index contributed by atoms with van der Waals surface area (Å²) in [5.41, 5.74) is 4.27. The molecule has 0 aliphatic carbocycles. The minimum Gasteiger partial charge on any atom is -0.491 e. The minimum absolute atomic E-state index is 0.00690. The second kappa shape index (κ2) is 9.44. The molecular formula is C25H28N2O3. The number of hydrogen-bond donors (Lipinski definition) is 1. The van der Waals surface area contributed by atoms with E-state index < -0.39 is 0 Å². The van der Waals surface area contributed by atoms with Crippen LogP contribution < -0.4 is 10.1 Å². The summed E-state index contributed by atoms with van der Waals surface area (Å²) < 4.78 is 7.55. The summed E-state index contributed by atoms with van der Waals surface area (Å²) in [6.45, 7) is 7.98. The van der Waals surface area contributed by atoms with E-state index >= 15 is 0 Å². The van der Waals surface area contributed by atoms with Gasteiger partial charge < -0.3 is 14.6 Å². The Bertz CT molecular complexity index is 1020. The summed E-state index contributed by atoms with van der Waals surface area (Å²) in [5.74, 6) is 0.698. The van der Waals surface area contributed by atoms with Crippen LogP contribution in [0.3, 0.4) is 0 Å². The van der Waals surface area contributed by atoms with Crippen molar-refractivity contribution in [1.82, 2.24) is 9.88 Å². The zero-order valence-electron chi connectivity index (χ0n) is 17.9. The van der Waals surface area contributed by atoms with Crippen molar-refractivity contribution in [3.63, 3.8) is 0 Å². The zero-order valence-corrected chi connectivity index (χ0v) is 17.9. The average molecular weight is 405 g/mol. The van der Waals surface area contributed by atoms with Gasteiger partial charge in [0, 0.05) is 23.5 Å². The lowest BCUT2D eigenvalue weighted by Crippen LogP contribution is -2.27. The predicted octanol–water partition coefficient (Wildman–Crippen LogP) is 4.77. The Morgan fingerprint density at radius 3 is 2.30 bits per heavy atom. The molecule has 0 saturated carbocycles. The summed E-state index contributed by atoms with van der Waals surface area (Å²) in [4.78, 5) is 24.7. The summed E-state index contributed by atoms with van der Waals surface area (Å²) in [7, 11) is 0. The maximum Gasteiger partial charge on any atom is 0.240 e. The Morgan fingerprint density at radius 1 is 1.03 bits per heavy atom. The number of hydrogen-bond acceptors (Lipinski definition) is 3. The number of ether oxygens (including phenoxy) is 1. The van der Waals surface area contributed by atoms with E-state index in [2.05, 4.69) is 5.32 Å². The van der Waals surface area contributed by atoms with E-state index in [0.717, 1.165) is 28.3 Å². The molecule has 1 heterocycles. The third-order valence-corrected chi connectivity index (χ3v) is 4.90. The Hall–Kier alpha value is -3.34. The molecule has 30 heavy (non-hydrogen) atoms. The van der Waals surface area contributed by atoms with Crippen LogP contribution in [0.2, 0.25) is 0 Å². The molecule has 0 radical (unpaired) electrons. The molecule has 3 aromatic rings. The smallest absolute Gasteiger partial charge is 0.240 e. The van der Waals surface area contributed by atoms with Crippen molar-refractivity contribution in [2.24, 2.45) is 0 Å². The van der Waals surface area contributed by atoms with Crippen molar-refractivity contribution in [3.05, 3.63) is 77.5 Å². The standard InChI is InChI=1S/C25H28N2O3/c1-17(2)30-22-12-10-20(11-13-22)15-26-25(29)16-27-18(3)23(19(4)28)14-24(27)21-8-6-5-7-9-21/h5-14,17H,15-16H2,1-4H3,(H,26,29). The highest BCUT2D eigenvalue weighted by atomic mass is 16.5. The highest BCUT2D eigenvalue weighted by Crippen LogP contribution is 2.26. The van der Waals surface area contributed by atoms with Crippen molar-refractivity contribution in [3.8, 4) is 17.0 Å². The molecule has 5 heteroatoms. The van der Waals surface area contributed by atoms with Crippen LogP contribution in [0.25, 0.3) is 11.3 Å². The molecule has 1 amide bonds. The first kappa shape index (κ1) is 21.4. The van der Waals surface area contributed by atoms with E-state index in [-0.39, 0.29) is 24.3 Å². The van der Waals surface area contributed by atoms with Gasteiger partial charge in [0.25, 0.3) is 0 Å². The van der Waals surface area contributed by atoms with E-state index in [4.69, 9.17) is 4.74 Å². The summed E-state index contributed by atoms with van der Waals surface area (Å²) in [6, 6.07) is 19.4. The zero-order chi connectivity index (χ0) is 21.7. The highest BCUT2D eigenvalue weighted by Gasteiger charge is 2.18. The molecule has 0 aliphatic rings. The second-order valence-corrected chi connectivity index (χ2v) is 7.62. The van der Waals surface area contributed by atoms with E-state index in [1.54, 1.807) is 6.92 Å². The molecule has 0 bridgehead atoms. The van der Waals surface area contributed by atoms with Gasteiger partial charge in [0.1, 0.15) is 12.3 Å². The van der Waals surface area contributed by atoms with Gasteiger partial charge in [0.2, 0.25) is 5.91 Å². The van der Waals surface area contributed by atoms with Gasteiger partial charge in [0.15, 0.2) is 5.78 Å². The van der Waals surface area contributed by atoms with E-state index in [1.807, 2.05) is 86.0 Å². The molecule has 1 aromatic heterocycles. The third-order valence-electron chi connectivity index (χ3n) is 4.90. The number of carbonyl (C=O) groups excluding carboxylic acids is 2.